The number of oxazole rings is 1. The Bertz CT molecular complexity index is 1410. The summed E-state index contributed by atoms with van der Waals surface area (Å²) in [6.45, 7) is 1.93. The van der Waals surface area contributed by atoms with Crippen LogP contribution >= 0.6 is 34.5 Å². The molecule has 0 atom stereocenters. The number of hydrogen-bond donors (Lipinski definition) is 1. The minimum absolute atomic E-state index is 0.268. The van der Waals surface area contributed by atoms with Crippen LogP contribution in [0.1, 0.15) is 15.2 Å². The minimum atomic E-state index is -0.268. The van der Waals surface area contributed by atoms with Crippen molar-refractivity contribution in [2.75, 3.05) is 5.32 Å². The van der Waals surface area contributed by atoms with Gasteiger partial charge in [0.15, 0.2) is 5.58 Å². The Morgan fingerprint density at radius 3 is 2.73 bits per heavy atom. The smallest absolute Gasteiger partial charge is 0.267 e. The monoisotopic (exact) mass is 452 g/mol. The first-order valence-electron chi connectivity index (χ1n) is 9.15. The highest BCUT2D eigenvalue weighted by molar-refractivity contribution is 7.21. The van der Waals surface area contributed by atoms with Crippen LogP contribution in [0, 0.1) is 6.92 Å². The number of fused-ring (bicyclic) bond motifs is 2. The maximum Gasteiger partial charge on any atom is 0.267 e. The lowest BCUT2D eigenvalue weighted by atomic mass is 10.1. The first-order chi connectivity index (χ1) is 14.5. The van der Waals surface area contributed by atoms with Gasteiger partial charge in [-0.3, -0.25) is 4.79 Å². The number of halogens is 2. The predicted octanol–water partition coefficient (Wildman–Crippen LogP) is 7.58. The van der Waals surface area contributed by atoms with E-state index < -0.39 is 0 Å². The zero-order chi connectivity index (χ0) is 20.8. The highest BCUT2D eigenvalue weighted by atomic mass is 35.5. The van der Waals surface area contributed by atoms with Crippen LogP contribution in [0.25, 0.3) is 32.6 Å². The average Bonchev–Trinajstić information content (AvgIpc) is 3.30. The largest absolute Gasteiger partial charge is 0.436 e. The van der Waals surface area contributed by atoms with Crippen molar-refractivity contribution in [3.05, 3.63) is 81.1 Å². The van der Waals surface area contributed by atoms with E-state index in [1.165, 1.54) is 11.3 Å². The summed E-state index contributed by atoms with van der Waals surface area (Å²) in [4.78, 5) is 17.9. The molecule has 2 aromatic heterocycles. The minimum Gasteiger partial charge on any atom is -0.436 e. The number of rotatable bonds is 3. The second kappa shape index (κ2) is 7.43. The first kappa shape index (κ1) is 19.1. The number of aromatic nitrogens is 1. The second-order valence-electron chi connectivity index (χ2n) is 6.86. The summed E-state index contributed by atoms with van der Waals surface area (Å²) in [5.41, 5.74) is 3.87. The third kappa shape index (κ3) is 3.35. The van der Waals surface area contributed by atoms with E-state index in [0.717, 1.165) is 32.3 Å². The van der Waals surface area contributed by atoms with Gasteiger partial charge in [0.2, 0.25) is 5.89 Å². The van der Waals surface area contributed by atoms with Crippen molar-refractivity contribution < 1.29 is 9.21 Å². The van der Waals surface area contributed by atoms with Crippen LogP contribution in [-0.4, -0.2) is 10.9 Å². The van der Waals surface area contributed by atoms with Crippen LogP contribution in [0.5, 0.6) is 0 Å². The Labute approximate surface area is 186 Å². The Morgan fingerprint density at radius 1 is 1.07 bits per heavy atom. The highest BCUT2D eigenvalue weighted by Gasteiger charge is 2.19. The summed E-state index contributed by atoms with van der Waals surface area (Å²) < 4.78 is 6.72. The SMILES string of the molecule is Cc1ccc(-c2nc3ccccc3o2)cc1NC(=O)c1sc2cc(Cl)ccc2c1Cl. The lowest BCUT2D eigenvalue weighted by molar-refractivity contribution is 0.103. The van der Waals surface area contributed by atoms with Crippen LogP contribution in [0.4, 0.5) is 5.69 Å². The number of carbonyl (C=O) groups excluding carboxylic acids is 1. The molecule has 0 aliphatic carbocycles. The zero-order valence-electron chi connectivity index (χ0n) is 15.7. The number of amides is 1. The van der Waals surface area contributed by atoms with Gasteiger partial charge in [-0.25, -0.2) is 4.98 Å². The molecule has 5 aromatic rings. The molecule has 3 aromatic carbocycles. The molecule has 30 heavy (non-hydrogen) atoms. The Balaban J connectivity index is 1.49. The number of nitrogens with zero attached hydrogens (tertiary/aromatic N) is 1. The molecular weight excluding hydrogens is 439 g/mol. The number of hydrogen-bond acceptors (Lipinski definition) is 4. The summed E-state index contributed by atoms with van der Waals surface area (Å²) in [5.74, 6) is 0.233. The number of thiophene rings is 1. The topological polar surface area (TPSA) is 55.1 Å². The maximum atomic E-state index is 13.0. The van der Waals surface area contributed by atoms with Gasteiger partial charge in [0.1, 0.15) is 10.4 Å². The van der Waals surface area contributed by atoms with E-state index in [0.29, 0.717) is 26.5 Å². The van der Waals surface area contributed by atoms with Gasteiger partial charge < -0.3 is 9.73 Å². The molecule has 2 heterocycles. The van der Waals surface area contributed by atoms with E-state index in [4.69, 9.17) is 27.6 Å². The van der Waals surface area contributed by atoms with Crippen molar-refractivity contribution in [2.45, 2.75) is 6.92 Å². The quantitative estimate of drug-likeness (QED) is 0.306. The van der Waals surface area contributed by atoms with Crippen molar-refractivity contribution >= 4 is 67.3 Å². The second-order valence-corrected chi connectivity index (χ2v) is 8.72. The van der Waals surface area contributed by atoms with Gasteiger partial charge in [-0.1, -0.05) is 47.5 Å². The Kier molecular flexibility index (Phi) is 4.74. The molecule has 0 bridgehead atoms. The van der Waals surface area contributed by atoms with Gasteiger partial charge in [-0.2, -0.15) is 0 Å². The first-order valence-corrected chi connectivity index (χ1v) is 10.7. The van der Waals surface area contributed by atoms with Gasteiger partial charge in [-0.15, -0.1) is 11.3 Å². The maximum absolute atomic E-state index is 13.0. The number of nitrogens with one attached hydrogen (secondary N) is 1. The number of aryl methyl sites for hydroxylation is 1. The molecule has 0 radical (unpaired) electrons. The van der Waals surface area contributed by atoms with Gasteiger partial charge in [-0.05, 0) is 48.9 Å². The van der Waals surface area contributed by atoms with Crippen molar-refractivity contribution in [1.29, 1.82) is 0 Å². The number of para-hydroxylation sites is 2. The van der Waals surface area contributed by atoms with Gasteiger partial charge in [0, 0.05) is 26.4 Å². The molecule has 0 spiro atoms. The number of anilines is 1. The summed E-state index contributed by atoms with van der Waals surface area (Å²) in [6, 6.07) is 18.7. The van der Waals surface area contributed by atoms with Crippen LogP contribution in [-0.2, 0) is 0 Å². The molecule has 1 amide bonds. The molecule has 5 rings (SSSR count). The summed E-state index contributed by atoms with van der Waals surface area (Å²) >= 11 is 13.8. The molecule has 1 N–H and O–H groups in total. The third-order valence-corrected chi connectivity index (χ3v) is 6.72. The van der Waals surface area contributed by atoms with Gasteiger partial charge in [0.05, 0.1) is 5.02 Å². The van der Waals surface area contributed by atoms with E-state index in [-0.39, 0.29) is 5.91 Å². The molecule has 0 aliphatic heterocycles. The van der Waals surface area contributed by atoms with E-state index in [1.54, 1.807) is 6.07 Å². The fraction of sp³-hybridized carbons (Fsp3) is 0.0435. The van der Waals surface area contributed by atoms with Crippen molar-refractivity contribution in [1.82, 2.24) is 4.98 Å². The van der Waals surface area contributed by atoms with E-state index in [9.17, 15) is 4.79 Å². The van der Waals surface area contributed by atoms with Gasteiger partial charge >= 0.3 is 0 Å². The summed E-state index contributed by atoms with van der Waals surface area (Å²) in [7, 11) is 0. The number of carbonyl (C=O) groups is 1. The van der Waals surface area contributed by atoms with E-state index in [2.05, 4.69) is 10.3 Å². The van der Waals surface area contributed by atoms with Crippen LogP contribution in [0.15, 0.2) is 65.1 Å². The summed E-state index contributed by atoms with van der Waals surface area (Å²) in [6.07, 6.45) is 0. The van der Waals surface area contributed by atoms with Crippen molar-refractivity contribution in [2.24, 2.45) is 0 Å². The molecule has 0 aliphatic rings. The Hall–Kier alpha value is -2.86. The molecule has 0 saturated heterocycles. The zero-order valence-corrected chi connectivity index (χ0v) is 18.0. The third-order valence-electron chi connectivity index (χ3n) is 4.82. The van der Waals surface area contributed by atoms with Crippen LogP contribution < -0.4 is 5.32 Å². The lowest BCUT2D eigenvalue weighted by Gasteiger charge is -2.09. The van der Waals surface area contributed by atoms with Crippen LogP contribution in [0.2, 0.25) is 10.0 Å². The summed E-state index contributed by atoms with van der Waals surface area (Å²) in [5, 5.41) is 4.82. The molecule has 0 saturated carbocycles. The molecule has 0 fully saturated rings. The fourth-order valence-corrected chi connectivity index (χ4v) is 4.94. The lowest BCUT2D eigenvalue weighted by Crippen LogP contribution is -2.11. The average molecular weight is 453 g/mol. The van der Waals surface area contributed by atoms with Crippen molar-refractivity contribution in [3.8, 4) is 11.5 Å². The predicted molar refractivity (Wildman–Crippen MR) is 124 cm³/mol. The highest BCUT2D eigenvalue weighted by Crippen LogP contribution is 2.37. The molecule has 148 valence electrons. The molecular formula is C23H14Cl2N2O2S. The van der Waals surface area contributed by atoms with E-state index >= 15 is 0 Å². The molecule has 0 unspecified atom stereocenters. The Morgan fingerprint density at radius 2 is 1.90 bits per heavy atom. The molecule has 7 heteroatoms. The standard InChI is InChI=1S/C23H14Cl2N2O2S/c1-12-6-7-13(23-27-16-4-2-3-5-18(16)29-23)10-17(12)26-22(28)21-20(25)15-9-8-14(24)11-19(15)30-21/h2-11H,1H3,(H,26,28). The van der Waals surface area contributed by atoms with Gasteiger partial charge in [0.25, 0.3) is 5.91 Å². The normalized spacial score (nSPS) is 11.3. The number of benzene rings is 3. The van der Waals surface area contributed by atoms with Crippen LogP contribution in [0.3, 0.4) is 0 Å². The van der Waals surface area contributed by atoms with E-state index in [1.807, 2.05) is 61.5 Å². The fourth-order valence-electron chi connectivity index (χ4n) is 3.25. The molecule has 4 nitrogen and oxygen atoms in total. The van der Waals surface area contributed by atoms with Crippen molar-refractivity contribution in [3.63, 3.8) is 0 Å².